The van der Waals surface area contributed by atoms with Gasteiger partial charge in [-0.1, -0.05) is 73.4 Å². The first-order valence-electron chi connectivity index (χ1n) is 7.30. The fourth-order valence-corrected chi connectivity index (χ4v) is 4.34. The number of benzene rings is 1. The van der Waals surface area contributed by atoms with Crippen molar-refractivity contribution < 1.29 is 5.11 Å². The lowest BCUT2D eigenvalue weighted by Crippen LogP contribution is -2.11. The lowest BCUT2D eigenvalue weighted by atomic mass is 9.80. The molecule has 20 heavy (non-hydrogen) atoms. The van der Waals surface area contributed by atoms with Gasteiger partial charge >= 0.3 is 0 Å². The molecular formula is C17H26Br2O. The zero-order valence-corrected chi connectivity index (χ0v) is 16.5. The normalized spacial score (nSPS) is 11.9. The summed E-state index contributed by atoms with van der Waals surface area (Å²) in [7, 11) is 0. The van der Waals surface area contributed by atoms with Crippen LogP contribution in [-0.4, -0.2) is 5.11 Å². The van der Waals surface area contributed by atoms with Crippen LogP contribution in [0, 0.1) is 0 Å². The van der Waals surface area contributed by atoms with Crippen LogP contribution >= 0.6 is 31.9 Å². The molecule has 0 aromatic heterocycles. The largest absolute Gasteiger partial charge is 0.507 e. The highest BCUT2D eigenvalue weighted by Gasteiger charge is 2.26. The predicted molar refractivity (Wildman–Crippen MR) is 95.6 cm³/mol. The third kappa shape index (κ3) is 3.24. The molecule has 0 heterocycles. The third-order valence-corrected chi connectivity index (χ3v) is 4.93. The highest BCUT2D eigenvalue weighted by Crippen LogP contribution is 2.44. The highest BCUT2D eigenvalue weighted by atomic mass is 79.9. The van der Waals surface area contributed by atoms with Crippen molar-refractivity contribution in [3.8, 4) is 5.75 Å². The van der Waals surface area contributed by atoms with Crippen molar-refractivity contribution in [1.82, 2.24) is 0 Å². The number of alkyl halides is 2. The van der Waals surface area contributed by atoms with Crippen molar-refractivity contribution in [2.24, 2.45) is 0 Å². The molecule has 1 N–H and O–H groups in total. The van der Waals surface area contributed by atoms with Gasteiger partial charge in [-0.25, -0.2) is 0 Å². The van der Waals surface area contributed by atoms with Gasteiger partial charge in [0.2, 0.25) is 0 Å². The van der Waals surface area contributed by atoms with E-state index < -0.39 is 0 Å². The predicted octanol–water partition coefficient (Wildman–Crippen LogP) is 6.55. The first-order valence-corrected chi connectivity index (χ1v) is 9.54. The van der Waals surface area contributed by atoms with Gasteiger partial charge < -0.3 is 5.11 Å². The third-order valence-electron chi connectivity index (χ3n) is 3.81. The number of phenolic OH excluding ortho intramolecular Hbond substituents is 1. The zero-order valence-electron chi connectivity index (χ0n) is 13.3. The molecule has 0 amide bonds. The van der Waals surface area contributed by atoms with Crippen molar-refractivity contribution >= 4 is 31.9 Å². The van der Waals surface area contributed by atoms with E-state index in [2.05, 4.69) is 73.4 Å². The Balaban J connectivity index is 3.89. The Morgan fingerprint density at radius 1 is 0.700 bits per heavy atom. The van der Waals surface area contributed by atoms with Crippen LogP contribution in [0.2, 0.25) is 0 Å². The van der Waals surface area contributed by atoms with Gasteiger partial charge in [0.05, 0.1) is 0 Å². The molecule has 0 aliphatic heterocycles. The van der Waals surface area contributed by atoms with Crippen LogP contribution in [0.25, 0.3) is 0 Å². The second kappa shape index (κ2) is 7.31. The molecule has 0 aliphatic rings. The summed E-state index contributed by atoms with van der Waals surface area (Å²) in [4.78, 5) is 0. The summed E-state index contributed by atoms with van der Waals surface area (Å²) in [5.74, 6) is 1.60. The molecule has 0 spiro atoms. The number of aromatic hydroxyl groups is 1. The van der Waals surface area contributed by atoms with Crippen LogP contribution in [-0.2, 0) is 10.7 Å². The van der Waals surface area contributed by atoms with E-state index in [-0.39, 0.29) is 0 Å². The lowest BCUT2D eigenvalue weighted by molar-refractivity contribution is 0.451. The van der Waals surface area contributed by atoms with Crippen LogP contribution in [0.3, 0.4) is 0 Å². The van der Waals surface area contributed by atoms with Crippen LogP contribution < -0.4 is 0 Å². The first kappa shape index (κ1) is 18.0. The monoisotopic (exact) mass is 404 g/mol. The van der Waals surface area contributed by atoms with E-state index in [1.54, 1.807) is 0 Å². The Kier molecular flexibility index (Phi) is 6.59. The van der Waals surface area contributed by atoms with Gasteiger partial charge in [-0.2, -0.15) is 0 Å². The average Bonchev–Trinajstić information content (AvgIpc) is 2.35. The Hall–Kier alpha value is -0.0200. The maximum absolute atomic E-state index is 10.8. The summed E-state index contributed by atoms with van der Waals surface area (Å²) in [5, 5.41) is 12.4. The molecule has 0 atom stereocenters. The van der Waals surface area contributed by atoms with Gasteiger partial charge in [0.1, 0.15) is 5.75 Å². The van der Waals surface area contributed by atoms with Crippen molar-refractivity contribution in [1.29, 1.82) is 0 Å². The van der Waals surface area contributed by atoms with Gasteiger partial charge in [-0.3, -0.25) is 0 Å². The fourth-order valence-electron chi connectivity index (χ4n) is 3.13. The van der Waals surface area contributed by atoms with E-state index in [1.807, 2.05) is 0 Å². The van der Waals surface area contributed by atoms with E-state index in [4.69, 9.17) is 0 Å². The molecule has 0 saturated carbocycles. The van der Waals surface area contributed by atoms with Gasteiger partial charge in [0.15, 0.2) is 0 Å². The fraction of sp³-hybridized carbons (Fsp3) is 0.647. The Morgan fingerprint density at radius 3 is 1.20 bits per heavy atom. The summed E-state index contributed by atoms with van der Waals surface area (Å²) >= 11 is 7.26. The van der Waals surface area contributed by atoms with Crippen molar-refractivity contribution in [3.63, 3.8) is 0 Å². The quantitative estimate of drug-likeness (QED) is 0.550. The molecule has 0 unspecified atom stereocenters. The Labute approximate surface area is 140 Å². The maximum Gasteiger partial charge on any atom is 0.123 e. The SMILES string of the molecule is CC(C)c1c(O)c(C(C)C)c(CBr)c(C(C)C)c1CBr. The van der Waals surface area contributed by atoms with Crippen LogP contribution in [0.15, 0.2) is 0 Å². The summed E-state index contributed by atoms with van der Waals surface area (Å²) in [6, 6.07) is 0. The summed E-state index contributed by atoms with van der Waals surface area (Å²) < 4.78 is 0. The number of hydrogen-bond donors (Lipinski definition) is 1. The first-order chi connectivity index (χ1) is 9.27. The van der Waals surface area contributed by atoms with Gasteiger partial charge in [0, 0.05) is 21.8 Å². The minimum Gasteiger partial charge on any atom is -0.507 e. The number of halogens is 2. The van der Waals surface area contributed by atoms with E-state index in [0.717, 1.165) is 21.8 Å². The summed E-state index contributed by atoms with van der Waals surface area (Å²) in [6.07, 6.45) is 0. The van der Waals surface area contributed by atoms with E-state index in [1.165, 1.54) is 16.7 Å². The van der Waals surface area contributed by atoms with Gasteiger partial charge in [0.25, 0.3) is 0 Å². The van der Waals surface area contributed by atoms with E-state index in [9.17, 15) is 5.11 Å². The molecule has 1 aromatic rings. The highest BCUT2D eigenvalue weighted by molar-refractivity contribution is 9.08. The molecule has 3 heteroatoms. The number of hydrogen-bond acceptors (Lipinski definition) is 1. The summed E-state index contributed by atoms with van der Waals surface area (Å²) in [5.41, 5.74) is 6.15. The van der Waals surface area contributed by atoms with Crippen molar-refractivity contribution in [2.45, 2.75) is 70.0 Å². The van der Waals surface area contributed by atoms with E-state index >= 15 is 0 Å². The second-order valence-electron chi connectivity index (χ2n) is 6.28. The zero-order chi connectivity index (χ0) is 15.6. The van der Waals surface area contributed by atoms with E-state index in [0.29, 0.717) is 23.5 Å². The smallest absolute Gasteiger partial charge is 0.123 e. The molecule has 1 nitrogen and oxygen atoms in total. The van der Waals surface area contributed by atoms with Crippen LogP contribution in [0.4, 0.5) is 0 Å². The Morgan fingerprint density at radius 2 is 1.00 bits per heavy atom. The number of phenols is 1. The summed E-state index contributed by atoms with van der Waals surface area (Å²) in [6.45, 7) is 13.1. The standard InChI is InChI=1S/C17H26Br2O/c1-9(2)14-12(7-18)15(10(3)4)17(20)16(11(5)6)13(14)8-19/h9-11,20H,7-8H2,1-6H3. The second-order valence-corrected chi connectivity index (χ2v) is 7.40. The van der Waals surface area contributed by atoms with Crippen molar-refractivity contribution in [2.75, 3.05) is 0 Å². The molecule has 1 rings (SSSR count). The number of rotatable bonds is 5. The molecule has 0 aliphatic carbocycles. The van der Waals surface area contributed by atoms with Crippen molar-refractivity contribution in [3.05, 3.63) is 27.8 Å². The van der Waals surface area contributed by atoms with Gasteiger partial charge in [-0.05, 0) is 34.4 Å². The van der Waals surface area contributed by atoms with Gasteiger partial charge in [-0.15, -0.1) is 0 Å². The minimum atomic E-state index is 0.321. The average molecular weight is 406 g/mol. The Bertz CT molecular complexity index is 439. The topological polar surface area (TPSA) is 20.2 Å². The minimum absolute atomic E-state index is 0.321. The maximum atomic E-state index is 10.8. The molecule has 0 fully saturated rings. The molecule has 0 bridgehead atoms. The molecule has 0 radical (unpaired) electrons. The molecule has 1 aromatic carbocycles. The molecular weight excluding hydrogens is 380 g/mol. The molecule has 0 saturated heterocycles. The lowest BCUT2D eigenvalue weighted by Gasteiger charge is -2.27. The molecule has 114 valence electrons. The van der Waals surface area contributed by atoms with Crippen LogP contribution in [0.1, 0.15) is 87.1 Å². The van der Waals surface area contributed by atoms with Crippen LogP contribution in [0.5, 0.6) is 5.75 Å².